The van der Waals surface area contributed by atoms with E-state index >= 15 is 0 Å². The van der Waals surface area contributed by atoms with Gasteiger partial charge in [0.25, 0.3) is 0 Å². The first-order valence-electron chi connectivity index (χ1n) is 11.6. The van der Waals surface area contributed by atoms with Crippen LogP contribution in [0.15, 0.2) is 47.6 Å². The van der Waals surface area contributed by atoms with Gasteiger partial charge in [-0.3, -0.25) is 0 Å². The minimum Gasteiger partial charge on any atom is -0.486 e. The standard InChI is InChI=1S/C25H27N3O5/c1-2-30-24(29)27-11-9-25(10-12-27)28-20(18-5-3-4-6-21(18)33-25)16-19(26-28)17-7-8-22-23(15-17)32-14-13-31-22/h3-8,15,20H,2,9-14,16H2,1H3. The smallest absolute Gasteiger partial charge is 0.409 e. The summed E-state index contributed by atoms with van der Waals surface area (Å²) in [5, 5.41) is 7.25. The summed E-state index contributed by atoms with van der Waals surface area (Å²) in [6, 6.07) is 14.3. The van der Waals surface area contributed by atoms with Crippen LogP contribution < -0.4 is 14.2 Å². The lowest BCUT2D eigenvalue weighted by Crippen LogP contribution is -2.59. The van der Waals surface area contributed by atoms with Crippen molar-refractivity contribution in [2.75, 3.05) is 32.9 Å². The Bertz CT molecular complexity index is 1110. The van der Waals surface area contributed by atoms with E-state index in [0.717, 1.165) is 40.5 Å². The second-order valence-corrected chi connectivity index (χ2v) is 8.74. The highest BCUT2D eigenvalue weighted by Crippen LogP contribution is 2.50. The molecule has 0 N–H and O–H groups in total. The van der Waals surface area contributed by atoms with Crippen LogP contribution >= 0.6 is 0 Å². The average molecular weight is 450 g/mol. The molecule has 4 aliphatic rings. The zero-order valence-corrected chi connectivity index (χ0v) is 18.7. The lowest BCUT2D eigenvalue weighted by Gasteiger charge is -2.50. The zero-order valence-electron chi connectivity index (χ0n) is 18.7. The van der Waals surface area contributed by atoms with Gasteiger partial charge in [0.1, 0.15) is 19.0 Å². The molecule has 0 radical (unpaired) electrons. The number of hydrogen-bond donors (Lipinski definition) is 0. The van der Waals surface area contributed by atoms with Crippen molar-refractivity contribution in [3.8, 4) is 17.2 Å². The highest BCUT2D eigenvalue weighted by atomic mass is 16.6. The molecule has 1 spiro atoms. The lowest BCUT2D eigenvalue weighted by atomic mass is 9.91. The normalized spacial score (nSPS) is 22.2. The molecule has 2 aromatic rings. The van der Waals surface area contributed by atoms with E-state index in [1.807, 2.05) is 43.3 Å². The second-order valence-electron chi connectivity index (χ2n) is 8.74. The molecular weight excluding hydrogens is 422 g/mol. The summed E-state index contributed by atoms with van der Waals surface area (Å²) in [6.07, 6.45) is 1.84. The summed E-state index contributed by atoms with van der Waals surface area (Å²) in [4.78, 5) is 14.0. The molecule has 1 saturated heterocycles. The van der Waals surface area contributed by atoms with Gasteiger partial charge >= 0.3 is 6.09 Å². The summed E-state index contributed by atoms with van der Waals surface area (Å²) >= 11 is 0. The molecule has 4 aliphatic heterocycles. The number of hydrogen-bond acceptors (Lipinski definition) is 7. The van der Waals surface area contributed by atoms with E-state index < -0.39 is 5.72 Å². The van der Waals surface area contributed by atoms with Crippen molar-refractivity contribution in [3.05, 3.63) is 53.6 Å². The number of piperidine rings is 1. The van der Waals surface area contributed by atoms with Crippen molar-refractivity contribution in [2.24, 2.45) is 5.10 Å². The average Bonchev–Trinajstić information content (AvgIpc) is 3.31. The highest BCUT2D eigenvalue weighted by Gasteiger charge is 2.52. The number of para-hydroxylation sites is 1. The Balaban J connectivity index is 1.33. The van der Waals surface area contributed by atoms with Gasteiger partial charge in [-0.1, -0.05) is 18.2 Å². The van der Waals surface area contributed by atoms with E-state index in [1.54, 1.807) is 4.90 Å². The first-order valence-corrected chi connectivity index (χ1v) is 11.6. The molecule has 4 heterocycles. The number of carbonyl (C=O) groups is 1. The fraction of sp³-hybridized carbons (Fsp3) is 0.440. The summed E-state index contributed by atoms with van der Waals surface area (Å²) in [6.45, 7) is 4.47. The Morgan fingerprint density at radius 2 is 1.88 bits per heavy atom. The van der Waals surface area contributed by atoms with Gasteiger partial charge in [0.2, 0.25) is 5.72 Å². The molecule has 2 aromatic carbocycles. The molecule has 0 aliphatic carbocycles. The maximum Gasteiger partial charge on any atom is 0.409 e. The predicted molar refractivity (Wildman–Crippen MR) is 121 cm³/mol. The number of rotatable bonds is 2. The molecule has 33 heavy (non-hydrogen) atoms. The third-order valence-corrected chi connectivity index (χ3v) is 6.85. The quantitative estimate of drug-likeness (QED) is 0.691. The number of benzene rings is 2. The second kappa shape index (κ2) is 7.86. The number of likely N-dealkylation sites (tertiary alicyclic amines) is 1. The minimum absolute atomic E-state index is 0.0901. The molecule has 172 valence electrons. The topological polar surface area (TPSA) is 72.8 Å². The van der Waals surface area contributed by atoms with E-state index in [0.29, 0.717) is 45.8 Å². The largest absolute Gasteiger partial charge is 0.486 e. The molecule has 1 amide bonds. The van der Waals surface area contributed by atoms with E-state index in [4.69, 9.17) is 24.0 Å². The van der Waals surface area contributed by atoms with Crippen LogP contribution in [-0.4, -0.2) is 60.3 Å². The molecular formula is C25H27N3O5. The number of amides is 1. The lowest BCUT2D eigenvalue weighted by molar-refractivity contribution is -0.147. The molecule has 1 atom stereocenters. The Labute approximate surface area is 192 Å². The van der Waals surface area contributed by atoms with Crippen LogP contribution in [0.2, 0.25) is 0 Å². The van der Waals surface area contributed by atoms with Gasteiger partial charge in [0, 0.05) is 43.5 Å². The van der Waals surface area contributed by atoms with Gasteiger partial charge in [0.05, 0.1) is 18.4 Å². The zero-order chi connectivity index (χ0) is 22.4. The summed E-state index contributed by atoms with van der Waals surface area (Å²) in [5.74, 6) is 2.44. The van der Waals surface area contributed by atoms with Crippen molar-refractivity contribution in [2.45, 2.75) is 38.0 Å². The number of nitrogens with zero attached hydrogens (tertiary/aromatic N) is 3. The number of fused-ring (bicyclic) bond motifs is 5. The maximum absolute atomic E-state index is 12.2. The van der Waals surface area contributed by atoms with Gasteiger partial charge in [-0.15, -0.1) is 0 Å². The minimum atomic E-state index is -0.586. The van der Waals surface area contributed by atoms with Gasteiger partial charge in [-0.25, -0.2) is 9.80 Å². The van der Waals surface area contributed by atoms with Crippen molar-refractivity contribution in [1.29, 1.82) is 0 Å². The van der Waals surface area contributed by atoms with Crippen LogP contribution in [0.5, 0.6) is 17.2 Å². The number of ether oxygens (including phenoxy) is 4. The predicted octanol–water partition coefficient (Wildman–Crippen LogP) is 3.95. The molecule has 0 aromatic heterocycles. The fourth-order valence-electron chi connectivity index (χ4n) is 5.21. The van der Waals surface area contributed by atoms with Crippen LogP contribution in [0.1, 0.15) is 43.4 Å². The fourth-order valence-corrected chi connectivity index (χ4v) is 5.21. The Morgan fingerprint density at radius 1 is 1.09 bits per heavy atom. The van der Waals surface area contributed by atoms with Crippen molar-refractivity contribution in [3.63, 3.8) is 0 Å². The van der Waals surface area contributed by atoms with E-state index in [1.165, 1.54) is 0 Å². The van der Waals surface area contributed by atoms with Gasteiger partial charge in [-0.2, -0.15) is 5.10 Å². The van der Waals surface area contributed by atoms with Crippen LogP contribution in [0.3, 0.4) is 0 Å². The summed E-state index contributed by atoms with van der Waals surface area (Å²) in [7, 11) is 0. The van der Waals surface area contributed by atoms with Gasteiger partial charge in [-0.05, 0) is 31.2 Å². The Kier molecular flexibility index (Phi) is 4.81. The summed E-state index contributed by atoms with van der Waals surface area (Å²) < 4.78 is 23.3. The SMILES string of the molecule is CCOC(=O)N1CCC2(CC1)Oc1ccccc1C1CC(c3ccc4c(c3)OCCO4)=NN12. The van der Waals surface area contributed by atoms with Crippen LogP contribution in [0.25, 0.3) is 0 Å². The number of carbonyl (C=O) groups excluding carboxylic acids is 1. The van der Waals surface area contributed by atoms with Crippen LogP contribution in [0.4, 0.5) is 4.79 Å². The van der Waals surface area contributed by atoms with E-state index in [-0.39, 0.29) is 12.1 Å². The first-order chi connectivity index (χ1) is 16.2. The molecule has 1 unspecified atom stereocenters. The third-order valence-electron chi connectivity index (χ3n) is 6.85. The van der Waals surface area contributed by atoms with Crippen molar-refractivity contribution < 1.29 is 23.7 Å². The Hall–Kier alpha value is -3.42. The third kappa shape index (κ3) is 3.35. The molecule has 0 bridgehead atoms. The van der Waals surface area contributed by atoms with Gasteiger partial charge in [0.15, 0.2) is 11.5 Å². The maximum atomic E-state index is 12.2. The molecule has 8 heteroatoms. The van der Waals surface area contributed by atoms with E-state index in [2.05, 4.69) is 11.1 Å². The van der Waals surface area contributed by atoms with Crippen LogP contribution in [0, 0.1) is 0 Å². The first kappa shape index (κ1) is 20.2. The molecule has 0 saturated carbocycles. The summed E-state index contributed by atoms with van der Waals surface area (Å²) in [5.41, 5.74) is 2.60. The van der Waals surface area contributed by atoms with Crippen molar-refractivity contribution in [1.82, 2.24) is 9.91 Å². The monoisotopic (exact) mass is 449 g/mol. The molecule has 6 rings (SSSR count). The van der Waals surface area contributed by atoms with Gasteiger partial charge < -0.3 is 23.8 Å². The molecule has 1 fully saturated rings. The molecule has 8 nitrogen and oxygen atoms in total. The van der Waals surface area contributed by atoms with Crippen LogP contribution in [-0.2, 0) is 4.74 Å². The van der Waals surface area contributed by atoms with E-state index in [9.17, 15) is 4.79 Å². The van der Waals surface area contributed by atoms with Crippen molar-refractivity contribution >= 4 is 11.8 Å². The highest BCUT2D eigenvalue weighted by molar-refractivity contribution is 6.02. The number of hydrazone groups is 1. The Morgan fingerprint density at radius 3 is 2.70 bits per heavy atom.